The van der Waals surface area contributed by atoms with Crippen LogP contribution in [-0.2, 0) is 21.4 Å². The maximum Gasteiger partial charge on any atom is 0.331 e. The lowest BCUT2D eigenvalue weighted by molar-refractivity contribution is -0.148. The van der Waals surface area contributed by atoms with Crippen LogP contribution in [0.3, 0.4) is 0 Å². The van der Waals surface area contributed by atoms with Crippen molar-refractivity contribution in [1.82, 2.24) is 9.78 Å². The van der Waals surface area contributed by atoms with Gasteiger partial charge in [-0.1, -0.05) is 11.6 Å². The number of halogens is 1. The minimum Gasteiger partial charge on any atom is -0.493 e. The summed E-state index contributed by atoms with van der Waals surface area (Å²) in [6.45, 7) is 5.12. The number of esters is 1. The van der Waals surface area contributed by atoms with Crippen molar-refractivity contribution < 1.29 is 23.8 Å². The summed E-state index contributed by atoms with van der Waals surface area (Å²) in [6.07, 6.45) is 1.73. The Hall–Kier alpha value is -3.00. The molecule has 1 heterocycles. The van der Waals surface area contributed by atoms with Crippen LogP contribution in [0.4, 0.5) is 5.69 Å². The van der Waals surface area contributed by atoms with Crippen molar-refractivity contribution in [3.8, 4) is 11.5 Å². The lowest BCUT2D eigenvalue weighted by atomic mass is 10.2. The Morgan fingerprint density at radius 1 is 1.24 bits per heavy atom. The third-order valence-corrected chi connectivity index (χ3v) is 4.57. The summed E-state index contributed by atoms with van der Waals surface area (Å²) in [4.78, 5) is 24.4. The number of aryl methyl sites for hydroxylation is 2. The highest BCUT2D eigenvalue weighted by Crippen LogP contribution is 2.36. The molecule has 1 aromatic carbocycles. The van der Waals surface area contributed by atoms with E-state index in [-0.39, 0.29) is 0 Å². The molecule has 0 aliphatic heterocycles. The summed E-state index contributed by atoms with van der Waals surface area (Å²) in [5.74, 6) is -0.276. The first-order valence-corrected chi connectivity index (χ1v) is 9.17. The number of nitrogens with zero attached hydrogens (tertiary/aromatic N) is 2. The van der Waals surface area contributed by atoms with Crippen LogP contribution in [0.1, 0.15) is 23.9 Å². The molecule has 0 saturated carbocycles. The van der Waals surface area contributed by atoms with Gasteiger partial charge in [0, 0.05) is 13.1 Å². The van der Waals surface area contributed by atoms with Crippen molar-refractivity contribution in [3.63, 3.8) is 0 Å². The number of carbonyl (C=O) groups is 2. The van der Waals surface area contributed by atoms with Gasteiger partial charge in [-0.15, -0.1) is 0 Å². The molecule has 29 heavy (non-hydrogen) atoms. The molecule has 1 N–H and O–H groups in total. The molecule has 8 nitrogen and oxygen atoms in total. The summed E-state index contributed by atoms with van der Waals surface area (Å²) < 4.78 is 17.2. The van der Waals surface area contributed by atoms with Crippen LogP contribution in [-0.4, -0.2) is 42.0 Å². The number of anilines is 1. The molecule has 0 bridgehead atoms. The van der Waals surface area contributed by atoms with E-state index in [1.807, 2.05) is 6.92 Å². The number of nitrogens with one attached hydrogen (secondary N) is 1. The number of aromatic nitrogens is 2. The summed E-state index contributed by atoms with van der Waals surface area (Å²) in [5, 5.41) is 7.32. The van der Waals surface area contributed by atoms with Crippen LogP contribution in [0.5, 0.6) is 11.5 Å². The van der Waals surface area contributed by atoms with Crippen LogP contribution in [0, 0.1) is 13.8 Å². The summed E-state index contributed by atoms with van der Waals surface area (Å²) in [7, 11) is 4.76. The third kappa shape index (κ3) is 5.29. The summed E-state index contributed by atoms with van der Waals surface area (Å²) in [5.41, 5.74) is 2.71. The SMILES string of the molecule is COc1cc(/C=C/C(=O)O[C@H](C)C(=O)Nc2c(C)nn(C)c2C)cc(Cl)c1OC. The van der Waals surface area contributed by atoms with E-state index in [4.69, 9.17) is 25.8 Å². The molecule has 0 fully saturated rings. The normalized spacial score (nSPS) is 12.0. The average molecular weight is 422 g/mol. The first-order valence-electron chi connectivity index (χ1n) is 8.79. The quantitative estimate of drug-likeness (QED) is 0.544. The Labute approximate surface area is 174 Å². The second-order valence-electron chi connectivity index (χ2n) is 6.31. The van der Waals surface area contributed by atoms with E-state index in [2.05, 4.69) is 10.4 Å². The highest BCUT2D eigenvalue weighted by atomic mass is 35.5. The second kappa shape index (κ2) is 9.47. The number of hydrogen-bond acceptors (Lipinski definition) is 6. The molecule has 0 aliphatic rings. The molecular formula is C20H24ClN3O5. The van der Waals surface area contributed by atoms with Crippen molar-refractivity contribution in [1.29, 1.82) is 0 Å². The molecule has 0 saturated heterocycles. The molecule has 156 valence electrons. The monoisotopic (exact) mass is 421 g/mol. The maximum atomic E-state index is 12.3. The number of methoxy groups -OCH3 is 2. The van der Waals surface area contributed by atoms with Crippen LogP contribution in [0.15, 0.2) is 18.2 Å². The fourth-order valence-electron chi connectivity index (χ4n) is 2.64. The van der Waals surface area contributed by atoms with Gasteiger partial charge in [-0.2, -0.15) is 5.10 Å². The highest BCUT2D eigenvalue weighted by molar-refractivity contribution is 6.32. The molecular weight excluding hydrogens is 398 g/mol. The number of benzene rings is 1. The number of carbonyl (C=O) groups excluding carboxylic acids is 2. The maximum absolute atomic E-state index is 12.3. The van der Waals surface area contributed by atoms with Gasteiger partial charge in [0.05, 0.1) is 36.3 Å². The van der Waals surface area contributed by atoms with Gasteiger partial charge in [0.25, 0.3) is 5.91 Å². The van der Waals surface area contributed by atoms with Crippen LogP contribution < -0.4 is 14.8 Å². The zero-order valence-electron chi connectivity index (χ0n) is 17.2. The number of rotatable bonds is 7. The van der Waals surface area contributed by atoms with Gasteiger partial charge in [0.15, 0.2) is 17.6 Å². The topological polar surface area (TPSA) is 91.7 Å². The lowest BCUT2D eigenvalue weighted by Crippen LogP contribution is -2.29. The van der Waals surface area contributed by atoms with E-state index in [9.17, 15) is 9.59 Å². The summed E-state index contributed by atoms with van der Waals surface area (Å²) in [6, 6.07) is 3.29. The van der Waals surface area contributed by atoms with E-state index in [0.29, 0.717) is 33.5 Å². The molecule has 2 rings (SSSR count). The lowest BCUT2D eigenvalue weighted by Gasteiger charge is -2.13. The minimum absolute atomic E-state index is 0.342. The third-order valence-electron chi connectivity index (χ3n) is 4.29. The van der Waals surface area contributed by atoms with Gasteiger partial charge in [-0.3, -0.25) is 9.48 Å². The van der Waals surface area contributed by atoms with Crippen LogP contribution in [0.2, 0.25) is 5.02 Å². The van der Waals surface area contributed by atoms with E-state index >= 15 is 0 Å². The number of ether oxygens (including phenoxy) is 3. The van der Waals surface area contributed by atoms with Crippen molar-refractivity contribution in [2.75, 3.05) is 19.5 Å². The molecule has 0 unspecified atom stereocenters. The van der Waals surface area contributed by atoms with Crippen molar-refractivity contribution in [2.24, 2.45) is 7.05 Å². The predicted molar refractivity (Wildman–Crippen MR) is 110 cm³/mol. The van der Waals surface area contributed by atoms with Crippen LogP contribution in [0.25, 0.3) is 6.08 Å². The first-order chi connectivity index (χ1) is 13.7. The molecule has 0 spiro atoms. The fourth-order valence-corrected chi connectivity index (χ4v) is 2.94. The smallest absolute Gasteiger partial charge is 0.331 e. The Bertz CT molecular complexity index is 952. The number of amides is 1. The van der Waals surface area contributed by atoms with E-state index < -0.39 is 18.0 Å². The fraction of sp³-hybridized carbons (Fsp3) is 0.350. The Kier molecular flexibility index (Phi) is 7.28. The zero-order valence-corrected chi connectivity index (χ0v) is 18.0. The summed E-state index contributed by atoms with van der Waals surface area (Å²) >= 11 is 6.14. The van der Waals surface area contributed by atoms with Gasteiger partial charge >= 0.3 is 5.97 Å². The molecule has 1 atom stereocenters. The minimum atomic E-state index is -0.986. The second-order valence-corrected chi connectivity index (χ2v) is 6.72. The molecule has 0 aliphatic carbocycles. The number of hydrogen-bond donors (Lipinski definition) is 1. The molecule has 1 aromatic heterocycles. The van der Waals surface area contributed by atoms with E-state index in [1.165, 1.54) is 33.3 Å². The largest absolute Gasteiger partial charge is 0.493 e. The van der Waals surface area contributed by atoms with Gasteiger partial charge < -0.3 is 19.5 Å². The molecule has 2 aromatic rings. The molecule has 9 heteroatoms. The average Bonchev–Trinajstić information content (AvgIpc) is 2.91. The van der Waals surface area contributed by atoms with Gasteiger partial charge in [0.1, 0.15) is 0 Å². The van der Waals surface area contributed by atoms with Crippen molar-refractivity contribution in [2.45, 2.75) is 26.9 Å². The van der Waals surface area contributed by atoms with Crippen molar-refractivity contribution >= 4 is 35.2 Å². The standard InChI is InChI=1S/C20H24ClN3O5/c1-11-18(12(2)24(4)23-11)22-20(26)13(3)29-17(25)8-7-14-9-15(21)19(28-6)16(10-14)27-5/h7-10,13H,1-6H3,(H,22,26)/b8-7+/t13-/m1/s1. The highest BCUT2D eigenvalue weighted by Gasteiger charge is 2.20. The Morgan fingerprint density at radius 2 is 1.93 bits per heavy atom. The van der Waals surface area contributed by atoms with Crippen LogP contribution >= 0.6 is 11.6 Å². The molecule has 0 radical (unpaired) electrons. The van der Waals surface area contributed by atoms with Gasteiger partial charge in [-0.25, -0.2) is 4.79 Å². The van der Waals surface area contributed by atoms with Gasteiger partial charge in [0.2, 0.25) is 0 Å². The predicted octanol–water partition coefficient (Wildman–Crippen LogP) is 3.29. The van der Waals surface area contributed by atoms with Gasteiger partial charge in [-0.05, 0) is 44.5 Å². The first kappa shape index (κ1) is 22.3. The zero-order chi connectivity index (χ0) is 21.7. The Morgan fingerprint density at radius 3 is 2.48 bits per heavy atom. The molecule has 1 amide bonds. The van der Waals surface area contributed by atoms with E-state index in [0.717, 1.165) is 5.69 Å². The van der Waals surface area contributed by atoms with Crippen molar-refractivity contribution in [3.05, 3.63) is 40.2 Å². The Balaban J connectivity index is 2.02. The van der Waals surface area contributed by atoms with E-state index in [1.54, 1.807) is 30.8 Å².